The molecule has 1 unspecified atom stereocenters. The summed E-state index contributed by atoms with van der Waals surface area (Å²) in [5, 5.41) is 9.28. The number of ketones is 1. The second-order valence-corrected chi connectivity index (χ2v) is 7.14. The molecule has 0 saturated carbocycles. The van der Waals surface area contributed by atoms with Gasteiger partial charge in [0.15, 0.2) is 5.78 Å². The SMILES string of the molecule is CC1(C)CC2(C=C(C#N)C1=O)CN(C(=O)c1ccc(=O)[nH]c1)CCO2. The molecule has 3 rings (SSSR count). The van der Waals surface area contributed by atoms with Crippen LogP contribution in [-0.2, 0) is 9.53 Å². The average molecular weight is 341 g/mol. The van der Waals surface area contributed by atoms with Crippen LogP contribution in [0.2, 0.25) is 0 Å². The Hall–Kier alpha value is -2.72. The first kappa shape index (κ1) is 17.1. The number of hydrogen-bond acceptors (Lipinski definition) is 5. The summed E-state index contributed by atoms with van der Waals surface area (Å²) < 4.78 is 5.93. The number of carbonyl (C=O) groups is 2. The first-order chi connectivity index (χ1) is 11.8. The number of Topliss-reactive ketones (excluding diaryl/α,β-unsaturated/α-hetero) is 1. The third kappa shape index (κ3) is 3.13. The lowest BCUT2D eigenvalue weighted by molar-refractivity contribution is -0.134. The molecule has 1 spiro atoms. The van der Waals surface area contributed by atoms with Crippen molar-refractivity contribution in [2.24, 2.45) is 5.41 Å². The second kappa shape index (κ2) is 5.97. The van der Waals surface area contributed by atoms with Crippen LogP contribution in [0, 0.1) is 16.7 Å². The Balaban J connectivity index is 1.90. The molecule has 1 fully saturated rings. The van der Waals surface area contributed by atoms with Gasteiger partial charge >= 0.3 is 0 Å². The number of morpholine rings is 1. The molecule has 7 nitrogen and oxygen atoms in total. The van der Waals surface area contributed by atoms with E-state index in [1.807, 2.05) is 6.07 Å². The van der Waals surface area contributed by atoms with Crippen molar-refractivity contribution in [1.29, 1.82) is 5.26 Å². The number of ether oxygens (including phenoxy) is 1. The van der Waals surface area contributed by atoms with Gasteiger partial charge in [-0.3, -0.25) is 14.4 Å². The van der Waals surface area contributed by atoms with Gasteiger partial charge in [0.05, 0.1) is 24.3 Å². The number of aromatic amines is 1. The summed E-state index contributed by atoms with van der Waals surface area (Å²) >= 11 is 0. The predicted molar refractivity (Wildman–Crippen MR) is 88.8 cm³/mol. The molecule has 25 heavy (non-hydrogen) atoms. The summed E-state index contributed by atoms with van der Waals surface area (Å²) in [5.41, 5.74) is -1.39. The molecular weight excluding hydrogens is 322 g/mol. The second-order valence-electron chi connectivity index (χ2n) is 7.14. The van der Waals surface area contributed by atoms with Crippen LogP contribution in [0.4, 0.5) is 0 Å². The first-order valence-corrected chi connectivity index (χ1v) is 8.06. The summed E-state index contributed by atoms with van der Waals surface area (Å²) in [6, 6.07) is 4.74. The number of rotatable bonds is 1. The third-order valence-electron chi connectivity index (χ3n) is 4.66. The summed E-state index contributed by atoms with van der Waals surface area (Å²) in [6.45, 7) is 4.55. The lowest BCUT2D eigenvalue weighted by Gasteiger charge is -2.46. The number of amides is 1. The summed E-state index contributed by atoms with van der Waals surface area (Å²) in [6.07, 6.45) is 3.35. The maximum Gasteiger partial charge on any atom is 0.255 e. The quantitative estimate of drug-likeness (QED) is 0.822. The van der Waals surface area contributed by atoms with Crippen LogP contribution in [0.5, 0.6) is 0 Å². The Bertz CT molecular complexity index is 841. The zero-order valence-corrected chi connectivity index (χ0v) is 14.2. The highest BCUT2D eigenvalue weighted by atomic mass is 16.5. The minimum atomic E-state index is -0.849. The van der Waals surface area contributed by atoms with E-state index in [9.17, 15) is 19.6 Å². The Morgan fingerprint density at radius 3 is 2.76 bits per heavy atom. The molecule has 2 heterocycles. The minimum absolute atomic E-state index is 0.0783. The molecule has 7 heteroatoms. The average Bonchev–Trinajstić information content (AvgIpc) is 2.58. The third-order valence-corrected chi connectivity index (χ3v) is 4.66. The number of H-pyrrole nitrogens is 1. The highest BCUT2D eigenvalue weighted by molar-refractivity contribution is 6.04. The predicted octanol–water partition coefficient (Wildman–Crippen LogP) is 1.04. The number of pyridine rings is 1. The van der Waals surface area contributed by atoms with Gasteiger partial charge in [-0.05, 0) is 18.6 Å². The Morgan fingerprint density at radius 2 is 2.12 bits per heavy atom. The van der Waals surface area contributed by atoms with Crippen LogP contribution in [-0.4, -0.2) is 46.9 Å². The molecule has 0 aromatic carbocycles. The molecule has 2 aliphatic rings. The van der Waals surface area contributed by atoms with Crippen LogP contribution < -0.4 is 5.56 Å². The van der Waals surface area contributed by atoms with Gasteiger partial charge in [0.2, 0.25) is 5.56 Å². The van der Waals surface area contributed by atoms with E-state index in [4.69, 9.17) is 4.74 Å². The lowest BCUT2D eigenvalue weighted by atomic mass is 9.69. The van der Waals surface area contributed by atoms with Crippen molar-refractivity contribution in [3.05, 3.63) is 45.9 Å². The normalized spacial score (nSPS) is 25.4. The van der Waals surface area contributed by atoms with E-state index in [0.29, 0.717) is 25.1 Å². The van der Waals surface area contributed by atoms with Crippen LogP contribution in [0.3, 0.4) is 0 Å². The molecule has 1 saturated heterocycles. The Kier molecular flexibility index (Phi) is 4.09. The van der Waals surface area contributed by atoms with Gasteiger partial charge in [0, 0.05) is 24.2 Å². The van der Waals surface area contributed by atoms with Crippen molar-refractivity contribution in [2.75, 3.05) is 19.7 Å². The molecule has 1 amide bonds. The topological polar surface area (TPSA) is 103 Å². The van der Waals surface area contributed by atoms with Crippen molar-refractivity contribution in [3.8, 4) is 6.07 Å². The molecule has 1 N–H and O–H groups in total. The highest BCUT2D eigenvalue weighted by Gasteiger charge is 2.48. The zero-order chi connectivity index (χ0) is 18.2. The molecule has 1 aliphatic carbocycles. The molecule has 1 atom stereocenters. The Labute approximate surface area is 144 Å². The van der Waals surface area contributed by atoms with E-state index < -0.39 is 11.0 Å². The number of carbonyl (C=O) groups excluding carboxylic acids is 2. The van der Waals surface area contributed by atoms with E-state index in [1.54, 1.807) is 24.8 Å². The zero-order valence-electron chi connectivity index (χ0n) is 14.2. The molecule has 1 aliphatic heterocycles. The fraction of sp³-hybridized carbons (Fsp3) is 0.444. The van der Waals surface area contributed by atoms with E-state index in [-0.39, 0.29) is 29.4 Å². The number of nitrogens with one attached hydrogen (secondary N) is 1. The number of aromatic nitrogens is 1. The summed E-state index contributed by atoms with van der Waals surface area (Å²) in [4.78, 5) is 40.3. The largest absolute Gasteiger partial charge is 0.367 e. The molecule has 1 aromatic rings. The fourth-order valence-corrected chi connectivity index (χ4v) is 3.56. The van der Waals surface area contributed by atoms with Gasteiger partial charge in [-0.1, -0.05) is 13.8 Å². The summed E-state index contributed by atoms with van der Waals surface area (Å²) in [7, 11) is 0. The molecule has 1 aromatic heterocycles. The van der Waals surface area contributed by atoms with E-state index in [2.05, 4.69) is 4.98 Å². The number of allylic oxidation sites excluding steroid dienone is 1. The first-order valence-electron chi connectivity index (χ1n) is 8.06. The number of nitriles is 1. The molecule has 130 valence electrons. The minimum Gasteiger partial charge on any atom is -0.367 e. The number of nitrogens with zero attached hydrogens (tertiary/aromatic N) is 2. The maximum atomic E-state index is 12.7. The molecule has 0 bridgehead atoms. The maximum absolute atomic E-state index is 12.7. The lowest BCUT2D eigenvalue weighted by Crippen LogP contribution is -2.57. The number of hydrogen-bond donors (Lipinski definition) is 1. The van der Waals surface area contributed by atoms with E-state index >= 15 is 0 Å². The summed E-state index contributed by atoms with van der Waals surface area (Å²) in [5.74, 6) is -0.422. The van der Waals surface area contributed by atoms with Gasteiger partial charge < -0.3 is 14.6 Å². The molecular formula is C18H19N3O4. The van der Waals surface area contributed by atoms with Crippen LogP contribution >= 0.6 is 0 Å². The fourth-order valence-electron chi connectivity index (χ4n) is 3.56. The van der Waals surface area contributed by atoms with Crippen LogP contribution in [0.15, 0.2) is 34.8 Å². The Morgan fingerprint density at radius 1 is 1.36 bits per heavy atom. The monoisotopic (exact) mass is 341 g/mol. The highest BCUT2D eigenvalue weighted by Crippen LogP contribution is 2.41. The van der Waals surface area contributed by atoms with E-state index in [0.717, 1.165) is 0 Å². The van der Waals surface area contributed by atoms with E-state index in [1.165, 1.54) is 18.3 Å². The van der Waals surface area contributed by atoms with Gasteiger partial charge in [-0.15, -0.1) is 0 Å². The smallest absolute Gasteiger partial charge is 0.255 e. The van der Waals surface area contributed by atoms with Crippen molar-refractivity contribution in [1.82, 2.24) is 9.88 Å². The van der Waals surface area contributed by atoms with Crippen LogP contribution in [0.25, 0.3) is 0 Å². The van der Waals surface area contributed by atoms with Gasteiger partial charge in [0.25, 0.3) is 5.91 Å². The van der Waals surface area contributed by atoms with Crippen LogP contribution in [0.1, 0.15) is 30.6 Å². The van der Waals surface area contributed by atoms with Gasteiger partial charge in [-0.25, -0.2) is 0 Å². The van der Waals surface area contributed by atoms with Crippen molar-refractivity contribution in [2.45, 2.75) is 25.9 Å². The van der Waals surface area contributed by atoms with Gasteiger partial charge in [-0.2, -0.15) is 5.26 Å². The van der Waals surface area contributed by atoms with Crippen molar-refractivity contribution < 1.29 is 14.3 Å². The standard InChI is InChI=1S/C18H19N3O4/c1-17(2)10-18(7-13(8-19)15(17)23)11-21(5-6-25-18)16(24)12-3-4-14(22)20-9-12/h3-4,7,9H,5-6,10-11H2,1-2H3,(H,20,22). The van der Waals surface area contributed by atoms with Gasteiger partial charge in [0.1, 0.15) is 11.7 Å². The molecule has 0 radical (unpaired) electrons. The van der Waals surface area contributed by atoms with Crippen molar-refractivity contribution in [3.63, 3.8) is 0 Å². The van der Waals surface area contributed by atoms with Crippen molar-refractivity contribution >= 4 is 11.7 Å².